The molecule has 1 aromatic rings. The van der Waals surface area contributed by atoms with Gasteiger partial charge in [0.15, 0.2) is 17.9 Å². The lowest BCUT2D eigenvalue weighted by Crippen LogP contribution is -1.98. The largest absolute Gasteiger partial charge is 0.298 e. The Labute approximate surface area is 69.0 Å². The lowest BCUT2D eigenvalue weighted by atomic mass is 10.1. The second-order valence-electron chi connectivity index (χ2n) is 2.41. The van der Waals surface area contributed by atoms with Crippen LogP contribution >= 0.6 is 0 Å². The van der Waals surface area contributed by atoms with Crippen LogP contribution in [0.1, 0.15) is 22.8 Å². The Balaban J connectivity index is 3.35. The molecule has 1 nitrogen and oxygen atoms in total. The second kappa shape index (κ2) is 3.43. The fraction of sp³-hybridized carbons (Fsp3) is 0.222. The van der Waals surface area contributed by atoms with Crippen LogP contribution in [0.2, 0.25) is 0 Å². The first-order chi connectivity index (χ1) is 5.70. The van der Waals surface area contributed by atoms with Crippen LogP contribution in [0.5, 0.6) is 0 Å². The third-order valence-corrected chi connectivity index (χ3v) is 1.72. The first-order valence-electron chi connectivity index (χ1n) is 3.62. The highest BCUT2D eigenvalue weighted by molar-refractivity contribution is 5.77. The summed E-state index contributed by atoms with van der Waals surface area (Å²) in [6, 6.07) is 2.45. The monoisotopic (exact) mass is 170 g/mol. The number of carbonyl (C=O) groups is 1. The molecule has 0 spiro atoms. The predicted octanol–water partition coefficient (Wildman–Crippen LogP) is 2.34. The van der Waals surface area contributed by atoms with Crippen LogP contribution in [-0.2, 0) is 6.42 Å². The Morgan fingerprint density at radius 1 is 1.42 bits per heavy atom. The molecule has 0 saturated carbocycles. The van der Waals surface area contributed by atoms with Crippen molar-refractivity contribution in [2.75, 3.05) is 0 Å². The lowest BCUT2D eigenvalue weighted by molar-refractivity contribution is 0.111. The molecule has 0 N–H and O–H groups in total. The minimum Gasteiger partial charge on any atom is -0.298 e. The lowest BCUT2D eigenvalue weighted by Gasteiger charge is -2.02. The van der Waals surface area contributed by atoms with E-state index in [9.17, 15) is 13.6 Å². The number of aldehydes is 1. The van der Waals surface area contributed by atoms with E-state index < -0.39 is 11.6 Å². The van der Waals surface area contributed by atoms with Crippen molar-refractivity contribution < 1.29 is 13.6 Å². The summed E-state index contributed by atoms with van der Waals surface area (Å²) in [5.74, 6) is -2.03. The number of aryl methyl sites for hydroxylation is 1. The predicted molar refractivity (Wildman–Crippen MR) is 41.1 cm³/mol. The molecule has 0 heterocycles. The van der Waals surface area contributed by atoms with Gasteiger partial charge in [-0.1, -0.05) is 13.0 Å². The summed E-state index contributed by atoms with van der Waals surface area (Å²) >= 11 is 0. The van der Waals surface area contributed by atoms with Gasteiger partial charge in [0.25, 0.3) is 0 Å². The molecular formula is C9H8F2O. The van der Waals surface area contributed by atoms with E-state index in [2.05, 4.69) is 0 Å². The highest BCUT2D eigenvalue weighted by atomic mass is 19.2. The van der Waals surface area contributed by atoms with Crippen molar-refractivity contribution >= 4 is 6.29 Å². The fourth-order valence-electron chi connectivity index (χ4n) is 1.04. The van der Waals surface area contributed by atoms with E-state index in [1.807, 2.05) is 0 Å². The molecule has 0 bridgehead atoms. The summed E-state index contributed by atoms with van der Waals surface area (Å²) in [4.78, 5) is 10.4. The Kier molecular flexibility index (Phi) is 2.53. The third-order valence-electron chi connectivity index (χ3n) is 1.72. The van der Waals surface area contributed by atoms with Crippen LogP contribution in [0.4, 0.5) is 8.78 Å². The van der Waals surface area contributed by atoms with E-state index >= 15 is 0 Å². The summed E-state index contributed by atoms with van der Waals surface area (Å²) in [5, 5.41) is 0. The van der Waals surface area contributed by atoms with Crippen molar-refractivity contribution in [1.82, 2.24) is 0 Å². The van der Waals surface area contributed by atoms with Gasteiger partial charge in [-0.3, -0.25) is 4.79 Å². The van der Waals surface area contributed by atoms with Crippen molar-refractivity contribution in [2.24, 2.45) is 0 Å². The van der Waals surface area contributed by atoms with Gasteiger partial charge in [-0.2, -0.15) is 0 Å². The smallest absolute Gasteiger partial charge is 0.169 e. The molecule has 0 aliphatic carbocycles. The van der Waals surface area contributed by atoms with E-state index in [1.165, 1.54) is 6.07 Å². The molecule has 64 valence electrons. The van der Waals surface area contributed by atoms with Gasteiger partial charge in [-0.25, -0.2) is 8.78 Å². The molecule has 0 radical (unpaired) electrons. The number of rotatable bonds is 2. The van der Waals surface area contributed by atoms with Gasteiger partial charge in [0.2, 0.25) is 0 Å². The molecule has 0 unspecified atom stereocenters. The zero-order valence-electron chi connectivity index (χ0n) is 6.60. The first-order valence-corrected chi connectivity index (χ1v) is 3.62. The molecule has 0 aromatic heterocycles. The van der Waals surface area contributed by atoms with Gasteiger partial charge in [0.1, 0.15) is 0 Å². The topological polar surface area (TPSA) is 17.1 Å². The first kappa shape index (κ1) is 8.84. The number of halogens is 2. The van der Waals surface area contributed by atoms with Crippen LogP contribution in [0.3, 0.4) is 0 Å². The van der Waals surface area contributed by atoms with E-state index in [1.54, 1.807) is 6.92 Å². The molecule has 0 saturated heterocycles. The van der Waals surface area contributed by atoms with Crippen LogP contribution < -0.4 is 0 Å². The molecule has 0 atom stereocenters. The molecule has 1 aromatic carbocycles. The van der Waals surface area contributed by atoms with Crippen LogP contribution in [0, 0.1) is 11.6 Å². The Morgan fingerprint density at radius 2 is 2.08 bits per heavy atom. The van der Waals surface area contributed by atoms with E-state index in [0.717, 1.165) is 6.07 Å². The summed E-state index contributed by atoms with van der Waals surface area (Å²) in [6.45, 7) is 1.78. The van der Waals surface area contributed by atoms with Crippen molar-refractivity contribution in [3.05, 3.63) is 34.9 Å². The van der Waals surface area contributed by atoms with Crippen LogP contribution in [0.15, 0.2) is 12.1 Å². The van der Waals surface area contributed by atoms with Gasteiger partial charge in [-0.15, -0.1) is 0 Å². The average Bonchev–Trinajstić information content (AvgIpc) is 2.09. The fourth-order valence-corrected chi connectivity index (χ4v) is 1.04. The van der Waals surface area contributed by atoms with Crippen molar-refractivity contribution in [1.29, 1.82) is 0 Å². The maximum atomic E-state index is 12.8. The van der Waals surface area contributed by atoms with Gasteiger partial charge in [0.05, 0.1) is 5.56 Å². The quantitative estimate of drug-likeness (QED) is 0.622. The maximum Gasteiger partial charge on any atom is 0.169 e. The second-order valence-corrected chi connectivity index (χ2v) is 2.41. The molecule has 0 aliphatic rings. The third kappa shape index (κ3) is 1.35. The van der Waals surface area contributed by atoms with Gasteiger partial charge >= 0.3 is 0 Å². The molecule has 12 heavy (non-hydrogen) atoms. The minimum atomic E-state index is -1.05. The van der Waals surface area contributed by atoms with Gasteiger partial charge in [-0.05, 0) is 18.1 Å². The van der Waals surface area contributed by atoms with Crippen molar-refractivity contribution in [3.63, 3.8) is 0 Å². The number of hydrogen-bond acceptors (Lipinski definition) is 1. The van der Waals surface area contributed by atoms with E-state index in [0.29, 0.717) is 18.3 Å². The Morgan fingerprint density at radius 3 is 2.58 bits per heavy atom. The standard InChI is InChI=1S/C9H8F2O/c1-2-6-3-4-8(10)9(11)7(6)5-12/h3-5H,2H2,1H3. The summed E-state index contributed by atoms with van der Waals surface area (Å²) in [6.07, 6.45) is 0.864. The minimum absolute atomic E-state index is 0.169. The van der Waals surface area contributed by atoms with Crippen LogP contribution in [0.25, 0.3) is 0 Å². The summed E-state index contributed by atoms with van der Waals surface area (Å²) < 4.78 is 25.4. The van der Waals surface area contributed by atoms with Gasteiger partial charge in [0, 0.05) is 0 Å². The zero-order valence-corrected chi connectivity index (χ0v) is 6.60. The van der Waals surface area contributed by atoms with Crippen LogP contribution in [-0.4, -0.2) is 6.29 Å². The number of hydrogen-bond donors (Lipinski definition) is 0. The summed E-state index contributed by atoms with van der Waals surface area (Å²) in [5.41, 5.74) is 0.362. The summed E-state index contributed by atoms with van der Waals surface area (Å²) in [7, 11) is 0. The Hall–Kier alpha value is -1.25. The van der Waals surface area contributed by atoms with E-state index in [-0.39, 0.29) is 5.56 Å². The molecule has 3 heteroatoms. The normalized spacial score (nSPS) is 9.92. The van der Waals surface area contributed by atoms with Crippen molar-refractivity contribution in [3.8, 4) is 0 Å². The number of carbonyl (C=O) groups excluding carboxylic acids is 1. The average molecular weight is 170 g/mol. The van der Waals surface area contributed by atoms with Crippen molar-refractivity contribution in [2.45, 2.75) is 13.3 Å². The molecule has 0 amide bonds. The Bertz CT molecular complexity index is 308. The maximum absolute atomic E-state index is 12.8. The molecular weight excluding hydrogens is 162 g/mol. The molecule has 1 rings (SSSR count). The molecule has 0 fully saturated rings. The van der Waals surface area contributed by atoms with Gasteiger partial charge < -0.3 is 0 Å². The number of benzene rings is 1. The zero-order chi connectivity index (χ0) is 9.14. The highest BCUT2D eigenvalue weighted by Crippen LogP contribution is 2.15. The van der Waals surface area contributed by atoms with E-state index in [4.69, 9.17) is 0 Å². The highest BCUT2D eigenvalue weighted by Gasteiger charge is 2.10. The molecule has 0 aliphatic heterocycles. The SMILES string of the molecule is CCc1ccc(F)c(F)c1C=O.